The second-order valence-electron chi connectivity index (χ2n) is 4.49. The Morgan fingerprint density at radius 3 is 2.30 bits per heavy atom. The number of nitrogens with one attached hydrogen (secondary N) is 3. The zero-order valence-electron chi connectivity index (χ0n) is 12.0. The van der Waals surface area contributed by atoms with E-state index < -0.39 is 5.91 Å². The van der Waals surface area contributed by atoms with Crippen LogP contribution in [0, 0.1) is 0 Å². The molecular weight excluding hydrogens is 338 g/mol. The quantitative estimate of drug-likeness (QED) is 0.742. The fourth-order valence-electron chi connectivity index (χ4n) is 1.64. The van der Waals surface area contributed by atoms with E-state index in [-0.39, 0.29) is 24.9 Å². The first-order valence-corrected chi connectivity index (χ1v) is 7.94. The maximum absolute atomic E-state index is 11.7. The number of hydrogen-bond donors (Lipinski definition) is 3. The van der Waals surface area contributed by atoms with E-state index in [1.807, 2.05) is 0 Å². The van der Waals surface area contributed by atoms with Crippen molar-refractivity contribution in [2.75, 3.05) is 18.4 Å². The van der Waals surface area contributed by atoms with Gasteiger partial charge in [0.1, 0.15) is 0 Å². The molecule has 0 aliphatic heterocycles. The van der Waals surface area contributed by atoms with Crippen molar-refractivity contribution >= 4 is 46.3 Å². The molecule has 1 heterocycles. The maximum atomic E-state index is 11.7. The number of carbonyl (C=O) groups excluding carboxylic acids is 3. The Labute approximate surface area is 141 Å². The van der Waals surface area contributed by atoms with E-state index in [1.165, 1.54) is 11.3 Å². The average molecular weight is 352 g/mol. The summed E-state index contributed by atoms with van der Waals surface area (Å²) in [6, 6.07) is 10.0. The molecule has 0 atom stereocenters. The number of anilines is 1. The molecule has 0 fully saturated rings. The van der Waals surface area contributed by atoms with Crippen LogP contribution in [0.5, 0.6) is 0 Å². The summed E-state index contributed by atoms with van der Waals surface area (Å²) in [5.41, 5.74) is 0.583. The fourth-order valence-corrected chi connectivity index (χ4v) is 2.40. The third-order valence-electron chi connectivity index (χ3n) is 2.73. The number of rotatable bonds is 6. The Morgan fingerprint density at radius 1 is 0.957 bits per heavy atom. The molecule has 3 N–H and O–H groups in total. The van der Waals surface area contributed by atoms with Crippen LogP contribution in [0.15, 0.2) is 41.8 Å². The van der Waals surface area contributed by atoms with E-state index >= 15 is 0 Å². The molecule has 6 nitrogen and oxygen atoms in total. The van der Waals surface area contributed by atoms with Crippen molar-refractivity contribution in [2.24, 2.45) is 0 Å². The largest absolute Gasteiger partial charge is 0.345 e. The molecule has 0 saturated carbocycles. The van der Waals surface area contributed by atoms with Gasteiger partial charge >= 0.3 is 0 Å². The zero-order valence-corrected chi connectivity index (χ0v) is 13.5. The van der Waals surface area contributed by atoms with Gasteiger partial charge in [0.2, 0.25) is 11.8 Å². The molecule has 0 bridgehead atoms. The Morgan fingerprint density at radius 2 is 1.65 bits per heavy atom. The maximum Gasteiger partial charge on any atom is 0.261 e. The van der Waals surface area contributed by atoms with Gasteiger partial charge in [-0.3, -0.25) is 14.4 Å². The first-order chi connectivity index (χ1) is 11.0. The van der Waals surface area contributed by atoms with Crippen LogP contribution < -0.4 is 16.0 Å². The van der Waals surface area contributed by atoms with E-state index in [1.54, 1.807) is 41.8 Å². The van der Waals surface area contributed by atoms with Crippen LogP contribution in [0.2, 0.25) is 5.02 Å². The predicted molar refractivity (Wildman–Crippen MR) is 89.7 cm³/mol. The SMILES string of the molecule is O=C(CNC(=O)c1cccs1)NCC(=O)Nc1ccc(Cl)cc1. The van der Waals surface area contributed by atoms with Crippen molar-refractivity contribution in [3.63, 3.8) is 0 Å². The van der Waals surface area contributed by atoms with Crippen LogP contribution in [-0.4, -0.2) is 30.8 Å². The van der Waals surface area contributed by atoms with Crippen LogP contribution in [0.4, 0.5) is 5.69 Å². The van der Waals surface area contributed by atoms with Crippen molar-refractivity contribution in [1.82, 2.24) is 10.6 Å². The third kappa shape index (κ3) is 5.72. The van der Waals surface area contributed by atoms with Crippen molar-refractivity contribution in [3.8, 4) is 0 Å². The molecule has 0 unspecified atom stereocenters. The molecule has 0 aliphatic rings. The van der Waals surface area contributed by atoms with Crippen LogP contribution in [0.3, 0.4) is 0 Å². The Hall–Kier alpha value is -2.38. The van der Waals surface area contributed by atoms with E-state index in [0.717, 1.165) is 0 Å². The highest BCUT2D eigenvalue weighted by Crippen LogP contribution is 2.13. The first-order valence-electron chi connectivity index (χ1n) is 6.68. The fraction of sp³-hybridized carbons (Fsp3) is 0.133. The lowest BCUT2D eigenvalue weighted by molar-refractivity contribution is -0.123. The Balaban J connectivity index is 1.68. The second-order valence-corrected chi connectivity index (χ2v) is 5.88. The number of benzene rings is 1. The molecular formula is C15H14ClN3O3S. The molecule has 2 rings (SSSR count). The van der Waals surface area contributed by atoms with E-state index in [0.29, 0.717) is 15.6 Å². The molecule has 23 heavy (non-hydrogen) atoms. The van der Waals surface area contributed by atoms with Crippen molar-refractivity contribution < 1.29 is 14.4 Å². The molecule has 0 aliphatic carbocycles. The van der Waals surface area contributed by atoms with Crippen molar-refractivity contribution in [3.05, 3.63) is 51.7 Å². The highest BCUT2D eigenvalue weighted by atomic mass is 35.5. The topological polar surface area (TPSA) is 87.3 Å². The molecule has 0 spiro atoms. The van der Waals surface area contributed by atoms with Crippen LogP contribution in [0.25, 0.3) is 0 Å². The third-order valence-corrected chi connectivity index (χ3v) is 3.85. The van der Waals surface area contributed by atoms with Gasteiger partial charge in [0, 0.05) is 10.7 Å². The van der Waals surface area contributed by atoms with Gasteiger partial charge in [-0.25, -0.2) is 0 Å². The van der Waals surface area contributed by atoms with E-state index in [9.17, 15) is 14.4 Å². The zero-order chi connectivity index (χ0) is 16.7. The predicted octanol–water partition coefficient (Wildman–Crippen LogP) is 1.89. The number of halogens is 1. The highest BCUT2D eigenvalue weighted by molar-refractivity contribution is 7.12. The minimum atomic E-state index is -0.443. The summed E-state index contributed by atoms with van der Waals surface area (Å²) in [4.78, 5) is 35.5. The monoisotopic (exact) mass is 351 g/mol. The van der Waals surface area contributed by atoms with Gasteiger partial charge in [-0.1, -0.05) is 17.7 Å². The van der Waals surface area contributed by atoms with Crippen LogP contribution >= 0.6 is 22.9 Å². The molecule has 1 aromatic heterocycles. The number of hydrogen-bond acceptors (Lipinski definition) is 4. The van der Waals surface area contributed by atoms with Gasteiger partial charge in [-0.05, 0) is 35.7 Å². The number of thiophene rings is 1. The summed E-state index contributed by atoms with van der Waals surface area (Å²) in [5, 5.41) is 9.86. The normalized spacial score (nSPS) is 9.96. The molecule has 2 aromatic rings. The van der Waals surface area contributed by atoms with Gasteiger partial charge in [0.15, 0.2) is 0 Å². The van der Waals surface area contributed by atoms with E-state index in [4.69, 9.17) is 11.6 Å². The molecule has 0 radical (unpaired) electrons. The highest BCUT2D eigenvalue weighted by Gasteiger charge is 2.10. The lowest BCUT2D eigenvalue weighted by Gasteiger charge is -2.07. The number of carbonyl (C=O) groups is 3. The van der Waals surface area contributed by atoms with Gasteiger partial charge in [0.05, 0.1) is 18.0 Å². The molecule has 8 heteroatoms. The molecule has 0 saturated heterocycles. The van der Waals surface area contributed by atoms with Gasteiger partial charge in [-0.15, -0.1) is 11.3 Å². The lowest BCUT2D eigenvalue weighted by atomic mass is 10.3. The summed E-state index contributed by atoms with van der Waals surface area (Å²) in [6.07, 6.45) is 0. The van der Waals surface area contributed by atoms with Gasteiger partial charge in [-0.2, -0.15) is 0 Å². The smallest absolute Gasteiger partial charge is 0.261 e. The minimum Gasteiger partial charge on any atom is -0.345 e. The standard InChI is InChI=1S/C15H14ClN3O3S/c16-10-3-5-11(6-4-10)19-14(21)9-17-13(20)8-18-15(22)12-2-1-7-23-12/h1-7H,8-9H2,(H,17,20)(H,18,22)(H,19,21). The van der Waals surface area contributed by atoms with Gasteiger partial charge in [0.25, 0.3) is 5.91 Å². The summed E-state index contributed by atoms with van der Waals surface area (Å²) in [5.74, 6) is -1.13. The van der Waals surface area contributed by atoms with Crippen LogP contribution in [-0.2, 0) is 9.59 Å². The van der Waals surface area contributed by atoms with Gasteiger partial charge < -0.3 is 16.0 Å². The second kappa shape index (κ2) is 8.30. The molecule has 120 valence electrons. The first kappa shape index (κ1) is 17.0. The Bertz CT molecular complexity index is 687. The summed E-state index contributed by atoms with van der Waals surface area (Å²) in [6.45, 7) is -0.374. The molecule has 1 aromatic carbocycles. The number of amides is 3. The summed E-state index contributed by atoms with van der Waals surface area (Å²) >= 11 is 7.03. The summed E-state index contributed by atoms with van der Waals surface area (Å²) < 4.78 is 0. The minimum absolute atomic E-state index is 0.184. The van der Waals surface area contributed by atoms with Crippen molar-refractivity contribution in [1.29, 1.82) is 0 Å². The lowest BCUT2D eigenvalue weighted by Crippen LogP contribution is -2.40. The van der Waals surface area contributed by atoms with Crippen molar-refractivity contribution in [2.45, 2.75) is 0 Å². The van der Waals surface area contributed by atoms with Crippen LogP contribution in [0.1, 0.15) is 9.67 Å². The molecule has 3 amide bonds. The summed E-state index contributed by atoms with van der Waals surface area (Å²) in [7, 11) is 0. The van der Waals surface area contributed by atoms with E-state index in [2.05, 4.69) is 16.0 Å². The Kier molecular flexibility index (Phi) is 6.13. The average Bonchev–Trinajstić information content (AvgIpc) is 3.07.